The van der Waals surface area contributed by atoms with E-state index >= 15 is 0 Å². The highest BCUT2D eigenvalue weighted by atomic mass is 19.4. The highest BCUT2D eigenvalue weighted by Gasteiger charge is 2.51. The molecule has 0 N–H and O–H groups in total. The normalized spacial score (nSPS) is 19.0. The molecule has 2 heterocycles. The summed E-state index contributed by atoms with van der Waals surface area (Å²) in [4.78, 5) is 4.40. The minimum atomic E-state index is -4.92. The van der Waals surface area contributed by atoms with Gasteiger partial charge >= 0.3 is 12.4 Å². The Hall–Kier alpha value is -3.51. The second-order valence-electron chi connectivity index (χ2n) is 6.45. The molecule has 12 heteroatoms. The minimum Gasteiger partial charge on any atom is -0.489 e. The predicted molar refractivity (Wildman–Crippen MR) is 92.7 cm³/mol. The molecule has 0 amide bonds. The van der Waals surface area contributed by atoms with Crippen molar-refractivity contribution in [2.24, 2.45) is 0 Å². The van der Waals surface area contributed by atoms with E-state index in [0.29, 0.717) is 11.0 Å². The van der Waals surface area contributed by atoms with Gasteiger partial charge in [-0.15, -0.1) is 0 Å². The lowest BCUT2D eigenvalue weighted by atomic mass is 10.1. The van der Waals surface area contributed by atoms with Crippen molar-refractivity contribution in [3.8, 4) is 17.9 Å². The fraction of sp³-hybridized carbons (Fsp3) is 0.316. The minimum absolute atomic E-state index is 0.120. The number of nitrogens with zero attached hydrogens (tertiary/aromatic N) is 4. The summed E-state index contributed by atoms with van der Waals surface area (Å²) in [5.41, 5.74) is -2.31. The second-order valence-corrected chi connectivity index (χ2v) is 6.45. The Bertz CT molecular complexity index is 1020. The van der Waals surface area contributed by atoms with Crippen LogP contribution in [-0.4, -0.2) is 36.6 Å². The number of nitriles is 2. The third kappa shape index (κ3) is 4.98. The van der Waals surface area contributed by atoms with E-state index in [2.05, 4.69) is 4.98 Å². The van der Waals surface area contributed by atoms with Gasteiger partial charge in [0, 0.05) is 5.69 Å². The van der Waals surface area contributed by atoms with E-state index < -0.39 is 48.0 Å². The monoisotopic (exact) mass is 442 g/mol. The zero-order valence-electron chi connectivity index (χ0n) is 15.4. The topological polar surface area (TPSA) is 82.2 Å². The SMILES string of the molecule is N#Cc1ccc(OC[C@@H]2CN(c3ccc(C#N)c(C(F)(F)F)c3)[C@H](C(F)(F)F)O2)cn1. The van der Waals surface area contributed by atoms with Crippen LogP contribution >= 0.6 is 0 Å². The number of hydrogen-bond donors (Lipinski definition) is 0. The molecule has 1 aromatic carbocycles. The van der Waals surface area contributed by atoms with E-state index in [4.69, 9.17) is 20.0 Å². The number of benzene rings is 1. The molecule has 1 aliphatic heterocycles. The van der Waals surface area contributed by atoms with Gasteiger partial charge in [-0.1, -0.05) is 0 Å². The number of ether oxygens (including phenoxy) is 2. The Morgan fingerprint density at radius 2 is 1.84 bits per heavy atom. The van der Waals surface area contributed by atoms with Crippen LogP contribution in [-0.2, 0) is 10.9 Å². The van der Waals surface area contributed by atoms with Crippen LogP contribution in [0.3, 0.4) is 0 Å². The van der Waals surface area contributed by atoms with E-state index in [9.17, 15) is 26.3 Å². The molecule has 3 rings (SSSR count). The van der Waals surface area contributed by atoms with E-state index in [0.717, 1.165) is 12.1 Å². The highest BCUT2D eigenvalue weighted by Crippen LogP contribution is 2.39. The van der Waals surface area contributed by atoms with Gasteiger partial charge in [-0.05, 0) is 30.3 Å². The predicted octanol–water partition coefficient (Wildman–Crippen LogP) is 4.02. The van der Waals surface area contributed by atoms with Gasteiger partial charge in [-0.25, -0.2) is 4.98 Å². The maximum absolute atomic E-state index is 13.5. The maximum Gasteiger partial charge on any atom is 0.433 e. The van der Waals surface area contributed by atoms with Crippen molar-refractivity contribution in [3.05, 3.63) is 53.3 Å². The van der Waals surface area contributed by atoms with Crippen molar-refractivity contribution >= 4 is 5.69 Å². The fourth-order valence-electron chi connectivity index (χ4n) is 2.96. The van der Waals surface area contributed by atoms with Crippen LogP contribution in [0.2, 0.25) is 0 Å². The summed E-state index contributed by atoms with van der Waals surface area (Å²) in [5, 5.41) is 17.6. The molecule has 0 unspecified atom stereocenters. The molecule has 31 heavy (non-hydrogen) atoms. The summed E-state index contributed by atoms with van der Waals surface area (Å²) in [5.74, 6) is 0.183. The van der Waals surface area contributed by atoms with Crippen molar-refractivity contribution in [3.63, 3.8) is 0 Å². The lowest BCUT2D eigenvalue weighted by Gasteiger charge is -2.27. The molecule has 0 spiro atoms. The average molecular weight is 442 g/mol. The molecule has 0 radical (unpaired) electrons. The largest absolute Gasteiger partial charge is 0.489 e. The van der Waals surface area contributed by atoms with Gasteiger partial charge in [0.25, 0.3) is 0 Å². The molecule has 2 atom stereocenters. The highest BCUT2D eigenvalue weighted by molar-refractivity contribution is 5.56. The smallest absolute Gasteiger partial charge is 0.433 e. The first-order chi connectivity index (χ1) is 14.5. The van der Waals surface area contributed by atoms with Crippen molar-refractivity contribution in [2.45, 2.75) is 24.7 Å². The number of halogens is 6. The summed E-state index contributed by atoms with van der Waals surface area (Å²) in [6, 6.07) is 8.24. The molecule has 162 valence electrons. The average Bonchev–Trinajstić information content (AvgIpc) is 3.16. The maximum atomic E-state index is 13.5. The molecule has 1 aliphatic rings. The zero-order chi connectivity index (χ0) is 22.8. The quantitative estimate of drug-likeness (QED) is 0.666. The fourth-order valence-corrected chi connectivity index (χ4v) is 2.96. The molecular weight excluding hydrogens is 430 g/mol. The Morgan fingerprint density at radius 3 is 2.39 bits per heavy atom. The van der Waals surface area contributed by atoms with Gasteiger partial charge in [0.05, 0.1) is 29.9 Å². The number of rotatable bonds is 4. The van der Waals surface area contributed by atoms with E-state index in [-0.39, 0.29) is 18.1 Å². The van der Waals surface area contributed by atoms with Crippen LogP contribution in [0.15, 0.2) is 36.5 Å². The van der Waals surface area contributed by atoms with Crippen LogP contribution in [0.5, 0.6) is 5.75 Å². The third-order valence-corrected chi connectivity index (χ3v) is 4.33. The third-order valence-electron chi connectivity index (χ3n) is 4.33. The standard InChI is InChI=1S/C19H12F6N4O2/c20-18(21,22)16-5-13(3-1-11(16)6-26)29-9-15(31-17(29)19(23,24)25)10-30-14-4-2-12(7-27)28-8-14/h1-5,8,15,17H,9-10H2/t15-,17-/m0/s1. The van der Waals surface area contributed by atoms with Crippen LogP contribution in [0.1, 0.15) is 16.8 Å². The Balaban J connectivity index is 1.82. The first-order valence-corrected chi connectivity index (χ1v) is 8.62. The van der Waals surface area contributed by atoms with Gasteiger partial charge in [0.1, 0.15) is 30.2 Å². The van der Waals surface area contributed by atoms with Gasteiger partial charge in [-0.2, -0.15) is 36.9 Å². The second kappa shape index (κ2) is 8.32. The molecule has 0 saturated carbocycles. The molecule has 0 bridgehead atoms. The van der Waals surface area contributed by atoms with Gasteiger partial charge in [-0.3, -0.25) is 0 Å². The summed E-state index contributed by atoms with van der Waals surface area (Å²) in [6.07, 6.45) is -12.2. The molecule has 2 aromatic rings. The van der Waals surface area contributed by atoms with Crippen molar-refractivity contribution in [1.82, 2.24) is 4.98 Å². The number of hydrogen-bond acceptors (Lipinski definition) is 6. The van der Waals surface area contributed by atoms with E-state index in [1.54, 1.807) is 6.07 Å². The number of anilines is 1. The van der Waals surface area contributed by atoms with Crippen LogP contribution < -0.4 is 9.64 Å². The molecule has 1 fully saturated rings. The first kappa shape index (κ1) is 22.2. The molecule has 0 aliphatic carbocycles. The summed E-state index contributed by atoms with van der Waals surface area (Å²) < 4.78 is 90.4. The number of aromatic nitrogens is 1. The lowest BCUT2D eigenvalue weighted by Crippen LogP contribution is -2.42. The Morgan fingerprint density at radius 1 is 1.10 bits per heavy atom. The first-order valence-electron chi connectivity index (χ1n) is 8.62. The molecular formula is C19H12F6N4O2. The summed E-state index contributed by atoms with van der Waals surface area (Å²) in [7, 11) is 0. The van der Waals surface area contributed by atoms with Crippen molar-refractivity contribution in [2.75, 3.05) is 18.1 Å². The Labute approximate surface area is 171 Å². The van der Waals surface area contributed by atoms with E-state index in [1.165, 1.54) is 24.4 Å². The van der Waals surface area contributed by atoms with Gasteiger partial charge in [0.2, 0.25) is 6.23 Å². The van der Waals surface area contributed by atoms with Gasteiger partial charge < -0.3 is 14.4 Å². The Kier molecular flexibility index (Phi) is 5.95. The van der Waals surface area contributed by atoms with Crippen LogP contribution in [0.4, 0.5) is 32.0 Å². The zero-order valence-corrected chi connectivity index (χ0v) is 15.4. The van der Waals surface area contributed by atoms with E-state index in [1.807, 2.05) is 0 Å². The van der Waals surface area contributed by atoms with Crippen molar-refractivity contribution < 1.29 is 35.8 Å². The number of alkyl halides is 6. The summed E-state index contributed by atoms with van der Waals surface area (Å²) in [6.45, 7) is -0.740. The molecule has 1 saturated heterocycles. The number of pyridine rings is 1. The van der Waals surface area contributed by atoms with Gasteiger partial charge in [0.15, 0.2) is 0 Å². The van der Waals surface area contributed by atoms with Crippen LogP contribution in [0, 0.1) is 22.7 Å². The van der Waals surface area contributed by atoms with Crippen LogP contribution in [0.25, 0.3) is 0 Å². The summed E-state index contributed by atoms with van der Waals surface area (Å²) >= 11 is 0. The van der Waals surface area contributed by atoms with Crippen molar-refractivity contribution in [1.29, 1.82) is 10.5 Å². The molecule has 1 aromatic heterocycles. The lowest BCUT2D eigenvalue weighted by molar-refractivity contribution is -0.215. The molecule has 6 nitrogen and oxygen atoms in total.